The zero-order chi connectivity index (χ0) is 13.9. The molecule has 18 heavy (non-hydrogen) atoms. The molecule has 0 bridgehead atoms. The van der Waals surface area contributed by atoms with Crippen molar-refractivity contribution in [2.45, 2.75) is 58.2 Å². The van der Waals surface area contributed by atoms with Crippen LogP contribution in [0.1, 0.15) is 51.9 Å². The van der Waals surface area contributed by atoms with Crippen LogP contribution in [0, 0.1) is 5.41 Å². The Labute approximate surface area is 124 Å². The molecule has 0 saturated heterocycles. The first-order valence-electron chi connectivity index (χ1n) is 6.61. The first-order chi connectivity index (χ1) is 8.27. The minimum Gasteiger partial charge on any atom is -0.271 e. The molecule has 0 spiro atoms. The van der Waals surface area contributed by atoms with Crippen LogP contribution < -0.4 is 0 Å². The lowest BCUT2D eigenvalue weighted by Crippen LogP contribution is -2.20. The van der Waals surface area contributed by atoms with Crippen LogP contribution >= 0.6 is 27.5 Å². The summed E-state index contributed by atoms with van der Waals surface area (Å²) >= 11 is 10.1. The fourth-order valence-electron chi connectivity index (χ4n) is 1.97. The maximum atomic E-state index is 6.34. The maximum absolute atomic E-state index is 6.34. The van der Waals surface area contributed by atoms with E-state index in [0.717, 1.165) is 36.4 Å². The number of hydrogen-bond acceptors (Lipinski definition) is 1. The predicted octanol–water partition coefficient (Wildman–Crippen LogP) is 4.77. The third-order valence-electron chi connectivity index (χ3n) is 3.31. The van der Waals surface area contributed by atoms with Gasteiger partial charge >= 0.3 is 0 Å². The molecule has 0 aromatic carbocycles. The molecule has 0 fully saturated rings. The van der Waals surface area contributed by atoms with E-state index in [0.29, 0.717) is 10.2 Å². The van der Waals surface area contributed by atoms with Gasteiger partial charge in [-0.1, -0.05) is 55.2 Å². The molecule has 0 aliphatic heterocycles. The van der Waals surface area contributed by atoms with Gasteiger partial charge in [-0.2, -0.15) is 5.10 Å². The maximum Gasteiger partial charge on any atom is 0.0849 e. The molecule has 0 N–H and O–H groups in total. The molecular formula is C14H24BrClN2. The van der Waals surface area contributed by atoms with E-state index in [-0.39, 0.29) is 0 Å². The van der Waals surface area contributed by atoms with Gasteiger partial charge < -0.3 is 0 Å². The number of aryl methyl sites for hydroxylation is 2. The first kappa shape index (κ1) is 16.0. The molecule has 1 unspecified atom stereocenters. The van der Waals surface area contributed by atoms with E-state index in [1.807, 2.05) is 11.7 Å². The quantitative estimate of drug-likeness (QED) is 0.709. The lowest BCUT2D eigenvalue weighted by molar-refractivity contribution is 0.379. The van der Waals surface area contributed by atoms with E-state index in [1.54, 1.807) is 0 Å². The van der Waals surface area contributed by atoms with Gasteiger partial charge in [0.1, 0.15) is 0 Å². The van der Waals surface area contributed by atoms with Crippen LogP contribution in [0.25, 0.3) is 0 Å². The highest BCUT2D eigenvalue weighted by molar-refractivity contribution is 9.09. The van der Waals surface area contributed by atoms with E-state index in [9.17, 15) is 0 Å². The minimum atomic E-state index is 0.310. The van der Waals surface area contributed by atoms with E-state index >= 15 is 0 Å². The van der Waals surface area contributed by atoms with Crippen molar-refractivity contribution in [2.24, 2.45) is 12.5 Å². The van der Waals surface area contributed by atoms with Crippen LogP contribution in [-0.2, 0) is 19.9 Å². The second-order valence-electron chi connectivity index (χ2n) is 5.91. The van der Waals surface area contributed by atoms with Crippen molar-refractivity contribution in [2.75, 3.05) is 0 Å². The summed E-state index contributed by atoms with van der Waals surface area (Å²) in [6.45, 7) is 8.88. The highest BCUT2D eigenvalue weighted by Gasteiger charge is 2.21. The van der Waals surface area contributed by atoms with Gasteiger partial charge in [-0.15, -0.1) is 0 Å². The molecule has 1 heterocycles. The molecule has 4 heteroatoms. The Morgan fingerprint density at radius 1 is 1.39 bits per heavy atom. The van der Waals surface area contributed by atoms with Crippen LogP contribution in [0.2, 0.25) is 5.02 Å². The fourth-order valence-corrected chi connectivity index (χ4v) is 2.69. The zero-order valence-electron chi connectivity index (χ0n) is 12.1. The molecule has 104 valence electrons. The molecule has 1 aromatic rings. The van der Waals surface area contributed by atoms with Crippen LogP contribution in [0.15, 0.2) is 0 Å². The molecule has 0 saturated carbocycles. The summed E-state index contributed by atoms with van der Waals surface area (Å²) in [6.07, 6.45) is 4.19. The third kappa shape index (κ3) is 3.99. The summed E-state index contributed by atoms with van der Waals surface area (Å²) in [4.78, 5) is 0.544. The average Bonchev–Trinajstić information content (AvgIpc) is 2.54. The molecule has 0 aliphatic carbocycles. The summed E-state index contributed by atoms with van der Waals surface area (Å²) in [6, 6.07) is 0. The van der Waals surface area contributed by atoms with Crippen molar-refractivity contribution >= 4 is 27.5 Å². The molecule has 0 amide bonds. The Morgan fingerprint density at radius 2 is 2.00 bits per heavy atom. The summed E-state index contributed by atoms with van der Waals surface area (Å²) in [5.74, 6) is 0. The van der Waals surface area contributed by atoms with Crippen molar-refractivity contribution in [3.05, 3.63) is 16.4 Å². The Kier molecular flexibility index (Phi) is 5.72. The highest BCUT2D eigenvalue weighted by atomic mass is 79.9. The highest BCUT2D eigenvalue weighted by Crippen LogP contribution is 2.30. The SMILES string of the molecule is CCc1nn(C)c(CCCC(Br)C(C)(C)C)c1Cl. The van der Waals surface area contributed by atoms with E-state index in [2.05, 4.69) is 48.7 Å². The van der Waals surface area contributed by atoms with Gasteiger partial charge in [-0.3, -0.25) is 4.68 Å². The van der Waals surface area contributed by atoms with E-state index in [4.69, 9.17) is 11.6 Å². The monoisotopic (exact) mass is 334 g/mol. The molecular weight excluding hydrogens is 312 g/mol. The van der Waals surface area contributed by atoms with Gasteiger partial charge in [0.05, 0.1) is 16.4 Å². The number of aromatic nitrogens is 2. The van der Waals surface area contributed by atoms with Gasteiger partial charge in [0.25, 0.3) is 0 Å². The number of halogens is 2. The number of rotatable bonds is 5. The van der Waals surface area contributed by atoms with Gasteiger partial charge in [0.15, 0.2) is 0 Å². The molecule has 1 aromatic heterocycles. The van der Waals surface area contributed by atoms with Crippen molar-refractivity contribution in [3.63, 3.8) is 0 Å². The standard InChI is InChI=1S/C14H24BrClN2/c1-6-10-13(16)11(18(5)17-10)8-7-9-12(15)14(2,3)4/h12H,6-9H2,1-5H3. The van der Waals surface area contributed by atoms with Crippen LogP contribution in [0.5, 0.6) is 0 Å². The second kappa shape index (κ2) is 6.42. The first-order valence-corrected chi connectivity index (χ1v) is 7.91. The number of hydrogen-bond donors (Lipinski definition) is 0. The van der Waals surface area contributed by atoms with Crippen LogP contribution in [0.4, 0.5) is 0 Å². The molecule has 1 rings (SSSR count). The van der Waals surface area contributed by atoms with Gasteiger partial charge in [-0.05, 0) is 31.1 Å². The lowest BCUT2D eigenvalue weighted by Gasteiger charge is -2.25. The topological polar surface area (TPSA) is 17.8 Å². The number of nitrogens with zero attached hydrogens (tertiary/aromatic N) is 2. The van der Waals surface area contributed by atoms with E-state index < -0.39 is 0 Å². The molecule has 1 atom stereocenters. The predicted molar refractivity (Wildman–Crippen MR) is 82.7 cm³/mol. The van der Waals surface area contributed by atoms with Crippen LogP contribution in [0.3, 0.4) is 0 Å². The third-order valence-corrected chi connectivity index (χ3v) is 5.58. The van der Waals surface area contributed by atoms with Crippen LogP contribution in [-0.4, -0.2) is 14.6 Å². The summed E-state index contributed by atoms with van der Waals surface area (Å²) < 4.78 is 1.93. The van der Waals surface area contributed by atoms with Gasteiger partial charge in [0.2, 0.25) is 0 Å². The van der Waals surface area contributed by atoms with Crippen molar-refractivity contribution in [1.29, 1.82) is 0 Å². The van der Waals surface area contributed by atoms with Gasteiger partial charge in [-0.25, -0.2) is 0 Å². The van der Waals surface area contributed by atoms with Gasteiger partial charge in [0, 0.05) is 11.9 Å². The summed E-state index contributed by atoms with van der Waals surface area (Å²) in [5.41, 5.74) is 2.49. The zero-order valence-corrected chi connectivity index (χ0v) is 14.4. The Bertz CT molecular complexity index is 393. The Morgan fingerprint density at radius 3 is 2.44 bits per heavy atom. The second-order valence-corrected chi connectivity index (χ2v) is 7.39. The average molecular weight is 336 g/mol. The largest absolute Gasteiger partial charge is 0.271 e. The smallest absolute Gasteiger partial charge is 0.0849 e. The molecule has 0 radical (unpaired) electrons. The summed E-state index contributed by atoms with van der Waals surface area (Å²) in [7, 11) is 1.98. The normalized spacial score (nSPS) is 13.9. The summed E-state index contributed by atoms with van der Waals surface area (Å²) in [5, 5.41) is 5.31. The molecule has 2 nitrogen and oxygen atoms in total. The Balaban J connectivity index is 2.57. The fraction of sp³-hybridized carbons (Fsp3) is 0.786. The van der Waals surface area contributed by atoms with Crippen molar-refractivity contribution in [1.82, 2.24) is 9.78 Å². The van der Waals surface area contributed by atoms with Crippen molar-refractivity contribution < 1.29 is 0 Å². The number of alkyl halides is 1. The molecule has 0 aliphatic rings. The van der Waals surface area contributed by atoms with E-state index in [1.165, 1.54) is 5.69 Å². The lowest BCUT2D eigenvalue weighted by atomic mass is 9.89. The van der Waals surface area contributed by atoms with Crippen molar-refractivity contribution in [3.8, 4) is 0 Å². The Hall–Kier alpha value is -0.0200. The minimum absolute atomic E-state index is 0.310.